The van der Waals surface area contributed by atoms with E-state index in [0.29, 0.717) is 24.0 Å². The van der Waals surface area contributed by atoms with Gasteiger partial charge in [0.2, 0.25) is 5.95 Å². The van der Waals surface area contributed by atoms with Gasteiger partial charge in [0.05, 0.1) is 11.7 Å². The molecule has 23 heavy (non-hydrogen) atoms. The summed E-state index contributed by atoms with van der Waals surface area (Å²) in [5.74, 6) is 1.23. The molecule has 0 aromatic carbocycles. The Morgan fingerprint density at radius 2 is 2.04 bits per heavy atom. The molecule has 126 valence electrons. The maximum absolute atomic E-state index is 12.8. The molecule has 1 N–H and O–H groups in total. The van der Waals surface area contributed by atoms with Crippen LogP contribution in [0.25, 0.3) is 0 Å². The quantitative estimate of drug-likeness (QED) is 0.836. The Balaban J connectivity index is 1.66. The first-order valence-corrected chi connectivity index (χ1v) is 8.73. The number of hydrogen-bond donors (Lipinski definition) is 1. The van der Waals surface area contributed by atoms with Crippen molar-refractivity contribution in [3.8, 4) is 0 Å². The van der Waals surface area contributed by atoms with Crippen LogP contribution >= 0.6 is 0 Å². The molecule has 3 rings (SSSR count). The summed E-state index contributed by atoms with van der Waals surface area (Å²) >= 11 is 0. The van der Waals surface area contributed by atoms with Crippen molar-refractivity contribution >= 4 is 11.9 Å². The van der Waals surface area contributed by atoms with E-state index < -0.39 is 0 Å². The number of ether oxygens (including phenoxy) is 1. The summed E-state index contributed by atoms with van der Waals surface area (Å²) in [5.41, 5.74) is 0.559. The highest BCUT2D eigenvalue weighted by Crippen LogP contribution is 2.28. The van der Waals surface area contributed by atoms with Crippen molar-refractivity contribution in [2.45, 2.75) is 45.1 Å². The molecular weight excluding hydrogens is 292 g/mol. The average molecular weight is 318 g/mol. The van der Waals surface area contributed by atoms with Crippen LogP contribution in [0.1, 0.15) is 49.4 Å². The summed E-state index contributed by atoms with van der Waals surface area (Å²) in [7, 11) is 0. The molecule has 6 nitrogen and oxygen atoms in total. The fourth-order valence-corrected chi connectivity index (χ4v) is 3.13. The lowest BCUT2D eigenvalue weighted by Crippen LogP contribution is -2.42. The van der Waals surface area contributed by atoms with Crippen molar-refractivity contribution < 1.29 is 9.53 Å². The minimum absolute atomic E-state index is 0.0236. The Bertz CT molecular complexity index is 510. The Morgan fingerprint density at radius 3 is 2.61 bits per heavy atom. The SMILES string of the molecule is CCNc1ncc(C(=O)N(CC2CCC2)C[C@H]2CCCO2)cn1. The van der Waals surface area contributed by atoms with Gasteiger partial charge in [0.15, 0.2) is 0 Å². The van der Waals surface area contributed by atoms with E-state index in [1.807, 2.05) is 11.8 Å². The van der Waals surface area contributed by atoms with Crippen molar-refractivity contribution in [3.63, 3.8) is 0 Å². The van der Waals surface area contributed by atoms with Gasteiger partial charge in [-0.15, -0.1) is 0 Å². The standard InChI is InChI=1S/C17H26N4O2/c1-2-18-17-19-9-14(10-20-17)16(22)21(11-13-5-3-6-13)12-15-7-4-8-23-15/h9-10,13,15H,2-8,11-12H2,1H3,(H,18,19,20)/t15-/m1/s1. The molecule has 0 radical (unpaired) electrons. The highest BCUT2D eigenvalue weighted by Gasteiger charge is 2.28. The minimum atomic E-state index is 0.0236. The zero-order valence-corrected chi connectivity index (χ0v) is 13.8. The number of nitrogens with zero attached hydrogens (tertiary/aromatic N) is 3. The average Bonchev–Trinajstić information content (AvgIpc) is 3.03. The van der Waals surface area contributed by atoms with E-state index in [1.165, 1.54) is 19.3 Å². The lowest BCUT2D eigenvalue weighted by atomic mass is 9.85. The van der Waals surface area contributed by atoms with Crippen molar-refractivity contribution in [2.75, 3.05) is 31.6 Å². The maximum Gasteiger partial charge on any atom is 0.257 e. The topological polar surface area (TPSA) is 67.4 Å². The van der Waals surface area contributed by atoms with Gasteiger partial charge in [-0.25, -0.2) is 9.97 Å². The normalized spacial score (nSPS) is 21.0. The minimum Gasteiger partial charge on any atom is -0.376 e. The molecule has 1 saturated carbocycles. The van der Waals surface area contributed by atoms with Gasteiger partial charge >= 0.3 is 0 Å². The molecule has 0 bridgehead atoms. The summed E-state index contributed by atoms with van der Waals surface area (Å²) in [4.78, 5) is 23.2. The first-order valence-electron chi connectivity index (χ1n) is 8.73. The van der Waals surface area contributed by atoms with Crippen molar-refractivity contribution in [3.05, 3.63) is 18.0 Å². The monoisotopic (exact) mass is 318 g/mol. The summed E-state index contributed by atoms with van der Waals surface area (Å²) in [6.07, 6.45) is 9.30. The second-order valence-electron chi connectivity index (χ2n) is 6.47. The zero-order chi connectivity index (χ0) is 16.1. The largest absolute Gasteiger partial charge is 0.376 e. The number of amides is 1. The third kappa shape index (κ3) is 4.19. The van der Waals surface area contributed by atoms with E-state index >= 15 is 0 Å². The molecule has 6 heteroatoms. The lowest BCUT2D eigenvalue weighted by molar-refractivity contribution is 0.0447. The number of carbonyl (C=O) groups is 1. The van der Waals surface area contributed by atoms with Crippen LogP contribution in [0.5, 0.6) is 0 Å². The van der Waals surface area contributed by atoms with Gasteiger partial charge in [-0.05, 0) is 38.5 Å². The van der Waals surface area contributed by atoms with Crippen LogP contribution in [-0.4, -0.2) is 53.1 Å². The van der Waals surface area contributed by atoms with Crippen molar-refractivity contribution in [1.29, 1.82) is 0 Å². The molecule has 2 aliphatic rings. The third-order valence-electron chi connectivity index (χ3n) is 4.67. The van der Waals surface area contributed by atoms with E-state index in [-0.39, 0.29) is 12.0 Å². The van der Waals surface area contributed by atoms with Crippen LogP contribution in [0.15, 0.2) is 12.4 Å². The Labute approximate surface area is 137 Å². The smallest absolute Gasteiger partial charge is 0.257 e. The van der Waals surface area contributed by atoms with Crippen LogP contribution in [0.4, 0.5) is 5.95 Å². The number of aromatic nitrogens is 2. The molecule has 2 fully saturated rings. The predicted molar refractivity (Wildman–Crippen MR) is 88.4 cm³/mol. The lowest BCUT2D eigenvalue weighted by Gasteiger charge is -2.33. The fraction of sp³-hybridized carbons (Fsp3) is 0.706. The number of nitrogens with one attached hydrogen (secondary N) is 1. The molecule has 1 saturated heterocycles. The summed E-state index contributed by atoms with van der Waals surface area (Å²) < 4.78 is 5.72. The molecule has 2 heterocycles. The third-order valence-corrected chi connectivity index (χ3v) is 4.67. The van der Waals surface area contributed by atoms with Gasteiger partial charge in [-0.3, -0.25) is 4.79 Å². The first kappa shape index (κ1) is 16.2. The molecule has 1 aromatic rings. The van der Waals surface area contributed by atoms with E-state index in [9.17, 15) is 4.79 Å². The summed E-state index contributed by atoms with van der Waals surface area (Å²) in [5, 5.41) is 3.04. The van der Waals surface area contributed by atoms with E-state index in [1.54, 1.807) is 12.4 Å². The molecule has 1 aliphatic carbocycles. The number of rotatable bonds is 7. The van der Waals surface area contributed by atoms with Crippen LogP contribution in [0.2, 0.25) is 0 Å². The Kier molecular flexibility index (Phi) is 5.43. The molecule has 1 amide bonds. The summed E-state index contributed by atoms with van der Waals surface area (Å²) in [6.45, 7) is 5.08. The van der Waals surface area contributed by atoms with Gasteiger partial charge in [0.1, 0.15) is 0 Å². The van der Waals surface area contributed by atoms with E-state index in [4.69, 9.17) is 4.74 Å². The highest BCUT2D eigenvalue weighted by molar-refractivity contribution is 5.93. The summed E-state index contributed by atoms with van der Waals surface area (Å²) in [6, 6.07) is 0. The zero-order valence-electron chi connectivity index (χ0n) is 13.8. The second-order valence-corrected chi connectivity index (χ2v) is 6.47. The highest BCUT2D eigenvalue weighted by atomic mass is 16.5. The number of carbonyl (C=O) groups excluding carboxylic acids is 1. The number of hydrogen-bond acceptors (Lipinski definition) is 5. The molecule has 1 aliphatic heterocycles. The Hall–Kier alpha value is -1.69. The number of anilines is 1. The van der Waals surface area contributed by atoms with Gasteiger partial charge in [-0.1, -0.05) is 6.42 Å². The first-order chi connectivity index (χ1) is 11.3. The van der Waals surface area contributed by atoms with Gasteiger partial charge in [0, 0.05) is 38.6 Å². The maximum atomic E-state index is 12.8. The predicted octanol–water partition coefficient (Wildman–Crippen LogP) is 2.33. The van der Waals surface area contributed by atoms with Crippen LogP contribution < -0.4 is 5.32 Å². The van der Waals surface area contributed by atoms with E-state index in [0.717, 1.165) is 32.5 Å². The van der Waals surface area contributed by atoms with Gasteiger partial charge < -0.3 is 15.0 Å². The molecule has 1 aromatic heterocycles. The van der Waals surface area contributed by atoms with Crippen LogP contribution in [0.3, 0.4) is 0 Å². The molecule has 0 unspecified atom stereocenters. The van der Waals surface area contributed by atoms with Crippen molar-refractivity contribution in [1.82, 2.24) is 14.9 Å². The van der Waals surface area contributed by atoms with E-state index in [2.05, 4.69) is 15.3 Å². The fourth-order valence-electron chi connectivity index (χ4n) is 3.13. The van der Waals surface area contributed by atoms with Crippen LogP contribution in [-0.2, 0) is 4.74 Å². The molecule has 1 atom stereocenters. The van der Waals surface area contributed by atoms with Gasteiger partial charge in [-0.2, -0.15) is 0 Å². The Morgan fingerprint density at radius 1 is 1.26 bits per heavy atom. The molecular formula is C17H26N4O2. The second kappa shape index (κ2) is 7.73. The molecule has 0 spiro atoms. The van der Waals surface area contributed by atoms with Crippen molar-refractivity contribution in [2.24, 2.45) is 5.92 Å². The van der Waals surface area contributed by atoms with Gasteiger partial charge in [0.25, 0.3) is 5.91 Å². The van der Waals surface area contributed by atoms with Crippen LogP contribution in [0, 0.1) is 5.92 Å².